The number of aliphatic hydroxyl groups is 1. The molecular formula is C37H37N5O9. The van der Waals surface area contributed by atoms with E-state index >= 15 is 0 Å². The van der Waals surface area contributed by atoms with Crippen LogP contribution < -0.4 is 0 Å². The SMILES string of the molecule is O=C(O)CN(CC(=O)O)Cc1cccc(-c2cc(-c3ccc(CC#CCCCO)cc3)cc(-c3cccc(CN(CC(=O)O)CC(=O)O)n3)n2)n1. The summed E-state index contributed by atoms with van der Waals surface area (Å²) in [5.74, 6) is 1.47. The van der Waals surface area contributed by atoms with Gasteiger partial charge in [0.05, 0.1) is 60.3 Å². The predicted octanol–water partition coefficient (Wildman–Crippen LogP) is 3.13. The molecule has 0 bridgehead atoms. The largest absolute Gasteiger partial charge is 0.480 e. The molecule has 51 heavy (non-hydrogen) atoms. The molecule has 5 N–H and O–H groups in total. The van der Waals surface area contributed by atoms with Gasteiger partial charge in [-0.25, -0.2) is 15.0 Å². The van der Waals surface area contributed by atoms with Crippen LogP contribution in [0.1, 0.15) is 29.8 Å². The number of aliphatic hydroxyl groups excluding tert-OH is 1. The molecule has 0 aliphatic carbocycles. The van der Waals surface area contributed by atoms with Crippen molar-refractivity contribution >= 4 is 23.9 Å². The molecule has 4 aromatic rings. The van der Waals surface area contributed by atoms with Crippen LogP contribution >= 0.6 is 0 Å². The van der Waals surface area contributed by atoms with Gasteiger partial charge in [-0.05, 0) is 59.5 Å². The number of carbonyl (C=O) groups is 4. The highest BCUT2D eigenvalue weighted by atomic mass is 16.4. The van der Waals surface area contributed by atoms with Crippen LogP contribution in [-0.2, 0) is 38.7 Å². The molecule has 0 saturated carbocycles. The Labute approximate surface area is 293 Å². The average Bonchev–Trinajstić information content (AvgIpc) is 3.07. The number of aromatic nitrogens is 3. The standard InChI is InChI=1S/C37H37N5O9/c43-16-4-2-1-3-7-25-12-14-26(15-13-25)27-17-32(30-10-5-8-28(38-30)19-41(21-34(44)45)22-35(46)47)40-33(18-27)31-11-6-9-29(39-31)20-42(23-36(48)49)24-37(50)51/h5-6,8-15,17-18,43H,2,4,7,16,19-24H2,(H,44,45)(H,46,47)(H,48,49)(H,50,51). The number of hydrogen-bond donors (Lipinski definition) is 5. The maximum absolute atomic E-state index is 11.4. The van der Waals surface area contributed by atoms with Gasteiger partial charge in [0.2, 0.25) is 0 Å². The summed E-state index contributed by atoms with van der Waals surface area (Å²) in [5, 5.41) is 46.1. The van der Waals surface area contributed by atoms with Crippen molar-refractivity contribution < 1.29 is 44.7 Å². The zero-order valence-electron chi connectivity index (χ0n) is 27.6. The van der Waals surface area contributed by atoms with Crippen LogP contribution in [0.25, 0.3) is 33.9 Å². The van der Waals surface area contributed by atoms with E-state index in [1.54, 1.807) is 36.4 Å². The lowest BCUT2D eigenvalue weighted by molar-refractivity contribution is -0.144. The summed E-state index contributed by atoms with van der Waals surface area (Å²) in [6.07, 6.45) is 1.80. The molecule has 0 spiro atoms. The van der Waals surface area contributed by atoms with Gasteiger partial charge in [0, 0.05) is 32.5 Å². The van der Waals surface area contributed by atoms with Crippen molar-refractivity contribution in [3.63, 3.8) is 0 Å². The van der Waals surface area contributed by atoms with Gasteiger partial charge in [-0.3, -0.25) is 29.0 Å². The fourth-order valence-electron chi connectivity index (χ4n) is 5.17. The van der Waals surface area contributed by atoms with Gasteiger partial charge in [-0.15, -0.1) is 5.92 Å². The fourth-order valence-corrected chi connectivity index (χ4v) is 5.17. The number of carboxylic acids is 4. The summed E-state index contributed by atoms with van der Waals surface area (Å²) in [6, 6.07) is 21.8. The van der Waals surface area contributed by atoms with E-state index in [2.05, 4.69) is 21.8 Å². The predicted molar refractivity (Wildman–Crippen MR) is 185 cm³/mol. The van der Waals surface area contributed by atoms with E-state index in [0.717, 1.165) is 16.7 Å². The molecule has 0 unspecified atom stereocenters. The second kappa shape index (κ2) is 18.7. The summed E-state index contributed by atoms with van der Waals surface area (Å²) in [6.45, 7) is -1.91. The van der Waals surface area contributed by atoms with E-state index in [1.807, 2.05) is 36.4 Å². The molecule has 14 heteroatoms. The summed E-state index contributed by atoms with van der Waals surface area (Å²) in [7, 11) is 0. The molecular weight excluding hydrogens is 658 g/mol. The Kier molecular flexibility index (Phi) is 13.8. The van der Waals surface area contributed by atoms with E-state index in [0.29, 0.717) is 53.4 Å². The smallest absolute Gasteiger partial charge is 0.317 e. The van der Waals surface area contributed by atoms with Gasteiger partial charge in [0.15, 0.2) is 0 Å². The second-order valence-electron chi connectivity index (χ2n) is 11.6. The highest BCUT2D eigenvalue weighted by Crippen LogP contribution is 2.30. The highest BCUT2D eigenvalue weighted by molar-refractivity contribution is 5.76. The number of aliphatic carboxylic acids is 4. The minimum atomic E-state index is -1.17. The topological polar surface area (TPSA) is 215 Å². The van der Waals surface area contributed by atoms with Crippen molar-refractivity contribution in [1.29, 1.82) is 0 Å². The van der Waals surface area contributed by atoms with Gasteiger partial charge >= 0.3 is 23.9 Å². The third-order valence-corrected chi connectivity index (χ3v) is 7.34. The Bertz CT molecular complexity index is 1790. The fraction of sp³-hybridized carbons (Fsp3) is 0.270. The summed E-state index contributed by atoms with van der Waals surface area (Å²) in [4.78, 5) is 62.2. The Morgan fingerprint density at radius 3 is 1.47 bits per heavy atom. The van der Waals surface area contributed by atoms with E-state index in [1.165, 1.54) is 9.80 Å². The molecule has 3 heterocycles. The van der Waals surface area contributed by atoms with Crippen LogP contribution in [-0.4, -0.2) is 107 Å². The molecule has 0 saturated heterocycles. The van der Waals surface area contributed by atoms with E-state index < -0.39 is 50.1 Å². The van der Waals surface area contributed by atoms with E-state index in [-0.39, 0.29) is 19.7 Å². The number of nitrogens with zero attached hydrogens (tertiary/aromatic N) is 5. The zero-order chi connectivity index (χ0) is 36.8. The molecule has 0 aliphatic rings. The first-order chi connectivity index (χ1) is 24.5. The second-order valence-corrected chi connectivity index (χ2v) is 11.6. The quantitative estimate of drug-likeness (QED) is 0.0747. The van der Waals surface area contributed by atoms with Crippen LogP contribution in [0.4, 0.5) is 0 Å². The molecule has 0 fully saturated rings. The molecule has 3 aromatic heterocycles. The van der Waals surface area contributed by atoms with Crippen LogP contribution in [0.3, 0.4) is 0 Å². The molecule has 0 aliphatic heterocycles. The Balaban J connectivity index is 1.74. The lowest BCUT2D eigenvalue weighted by atomic mass is 10.0. The van der Waals surface area contributed by atoms with Crippen molar-refractivity contribution in [2.75, 3.05) is 32.8 Å². The maximum atomic E-state index is 11.4. The summed E-state index contributed by atoms with van der Waals surface area (Å²) >= 11 is 0. The number of benzene rings is 1. The highest BCUT2D eigenvalue weighted by Gasteiger charge is 2.18. The van der Waals surface area contributed by atoms with Gasteiger partial charge in [-0.2, -0.15) is 0 Å². The molecule has 1 aromatic carbocycles. The van der Waals surface area contributed by atoms with Crippen LogP contribution in [0.2, 0.25) is 0 Å². The van der Waals surface area contributed by atoms with Crippen molar-refractivity contribution in [3.8, 4) is 45.7 Å². The Morgan fingerprint density at radius 2 is 1.04 bits per heavy atom. The molecule has 4 rings (SSSR count). The monoisotopic (exact) mass is 695 g/mol. The van der Waals surface area contributed by atoms with Gasteiger partial charge in [0.1, 0.15) is 0 Å². The van der Waals surface area contributed by atoms with E-state index in [9.17, 15) is 39.6 Å². The number of carboxylic acid groups (broad SMARTS) is 4. The number of rotatable bonds is 18. The van der Waals surface area contributed by atoms with Crippen molar-refractivity contribution in [1.82, 2.24) is 24.8 Å². The molecule has 0 atom stereocenters. The Hall–Kier alpha value is -6.01. The maximum Gasteiger partial charge on any atom is 0.317 e. The summed E-state index contributed by atoms with van der Waals surface area (Å²) < 4.78 is 0. The zero-order valence-corrected chi connectivity index (χ0v) is 27.6. The molecule has 0 amide bonds. The van der Waals surface area contributed by atoms with Crippen molar-refractivity contribution in [2.45, 2.75) is 32.4 Å². The normalized spacial score (nSPS) is 10.9. The van der Waals surface area contributed by atoms with Crippen molar-refractivity contribution in [3.05, 3.63) is 89.7 Å². The number of hydrogen-bond acceptors (Lipinski definition) is 10. The third kappa shape index (κ3) is 12.4. The van der Waals surface area contributed by atoms with Gasteiger partial charge in [-0.1, -0.05) is 42.3 Å². The van der Waals surface area contributed by atoms with E-state index in [4.69, 9.17) is 10.1 Å². The lowest BCUT2D eigenvalue weighted by Gasteiger charge is -2.18. The first kappa shape index (κ1) is 37.8. The first-order valence-electron chi connectivity index (χ1n) is 15.9. The third-order valence-electron chi connectivity index (χ3n) is 7.34. The van der Waals surface area contributed by atoms with Gasteiger partial charge < -0.3 is 25.5 Å². The van der Waals surface area contributed by atoms with Crippen LogP contribution in [0.5, 0.6) is 0 Å². The molecule has 264 valence electrons. The minimum absolute atomic E-state index is 0.0316. The van der Waals surface area contributed by atoms with Gasteiger partial charge in [0.25, 0.3) is 0 Å². The van der Waals surface area contributed by atoms with Crippen molar-refractivity contribution in [2.24, 2.45) is 0 Å². The molecule has 0 radical (unpaired) electrons. The van der Waals surface area contributed by atoms with Crippen LogP contribution in [0, 0.1) is 11.8 Å². The first-order valence-corrected chi connectivity index (χ1v) is 15.9. The Morgan fingerprint density at radius 1 is 0.569 bits per heavy atom. The number of unbranched alkanes of at least 4 members (excludes halogenated alkanes) is 1. The van der Waals surface area contributed by atoms with Crippen LogP contribution in [0.15, 0.2) is 72.8 Å². The average molecular weight is 696 g/mol. The summed E-state index contributed by atoms with van der Waals surface area (Å²) in [5.41, 5.74) is 5.30. The minimum Gasteiger partial charge on any atom is -0.480 e. The molecule has 14 nitrogen and oxygen atoms in total. The number of pyridine rings is 3. The lowest BCUT2D eigenvalue weighted by Crippen LogP contribution is -2.34.